The Labute approximate surface area is 64.3 Å². The summed E-state index contributed by atoms with van der Waals surface area (Å²) in [6, 6.07) is 0.224. The maximum atomic E-state index is 5.52. The normalized spacial score (nSPS) is 14.3. The lowest BCUT2D eigenvalue weighted by molar-refractivity contribution is 0.726. The van der Waals surface area contributed by atoms with E-state index < -0.39 is 0 Å². The molecule has 0 aromatic heterocycles. The van der Waals surface area contributed by atoms with E-state index in [2.05, 4.69) is 19.1 Å². The van der Waals surface area contributed by atoms with Crippen molar-refractivity contribution in [2.75, 3.05) is 0 Å². The smallest absolute Gasteiger partial charge is 0.0194 e. The molecule has 60 valence electrons. The van der Waals surface area contributed by atoms with Gasteiger partial charge in [0.1, 0.15) is 0 Å². The average Bonchev–Trinajstić information content (AvgIpc) is 1.87. The third kappa shape index (κ3) is 7.70. The molecule has 0 aromatic carbocycles. The Morgan fingerprint density at radius 1 is 1.40 bits per heavy atom. The number of rotatable bonds is 5. The Balaban J connectivity index is 3.02. The summed E-state index contributed by atoms with van der Waals surface area (Å²) in [5.74, 6) is 0. The number of allylic oxidation sites excluding steroid dienone is 1. The highest BCUT2D eigenvalue weighted by Gasteiger charge is 1.83. The van der Waals surface area contributed by atoms with Crippen molar-refractivity contribution in [2.45, 2.75) is 45.6 Å². The summed E-state index contributed by atoms with van der Waals surface area (Å²) in [5, 5.41) is 0. The van der Waals surface area contributed by atoms with Crippen molar-refractivity contribution in [3.05, 3.63) is 12.2 Å². The molecule has 0 rings (SSSR count). The van der Waals surface area contributed by atoms with Gasteiger partial charge in [-0.25, -0.2) is 0 Å². The van der Waals surface area contributed by atoms with E-state index in [0.29, 0.717) is 0 Å². The Morgan fingerprint density at radius 3 is 2.60 bits per heavy atom. The molecule has 1 nitrogen and oxygen atoms in total. The van der Waals surface area contributed by atoms with Gasteiger partial charge in [-0.05, 0) is 19.8 Å². The van der Waals surface area contributed by atoms with Crippen molar-refractivity contribution in [1.29, 1.82) is 0 Å². The molecule has 0 saturated carbocycles. The third-order valence-corrected chi connectivity index (χ3v) is 1.41. The molecular formula is C9H19N. The van der Waals surface area contributed by atoms with Gasteiger partial charge in [-0.15, -0.1) is 0 Å². The zero-order valence-corrected chi connectivity index (χ0v) is 7.14. The van der Waals surface area contributed by atoms with Crippen LogP contribution in [0, 0.1) is 0 Å². The predicted octanol–water partition coefficient (Wildman–Crippen LogP) is 2.47. The van der Waals surface area contributed by atoms with Gasteiger partial charge in [0, 0.05) is 6.04 Å². The molecule has 10 heavy (non-hydrogen) atoms. The third-order valence-electron chi connectivity index (χ3n) is 1.41. The first-order valence-electron chi connectivity index (χ1n) is 4.19. The van der Waals surface area contributed by atoms with Gasteiger partial charge in [0.2, 0.25) is 0 Å². The average molecular weight is 141 g/mol. The molecule has 0 saturated heterocycles. The molecule has 1 atom stereocenters. The molecule has 0 fully saturated rings. The number of hydrogen-bond donors (Lipinski definition) is 1. The van der Waals surface area contributed by atoms with Crippen LogP contribution in [-0.2, 0) is 0 Å². The molecule has 2 N–H and O–H groups in total. The molecule has 0 aliphatic rings. The van der Waals surface area contributed by atoms with E-state index in [0.717, 1.165) is 0 Å². The summed E-state index contributed by atoms with van der Waals surface area (Å²) in [7, 11) is 0. The van der Waals surface area contributed by atoms with Crippen LogP contribution in [0.2, 0.25) is 0 Å². The second-order valence-electron chi connectivity index (χ2n) is 2.78. The molecule has 0 bridgehead atoms. The summed E-state index contributed by atoms with van der Waals surface area (Å²) in [5.41, 5.74) is 5.52. The number of unbranched alkanes of at least 4 members (excludes halogenated alkanes) is 3. The molecule has 1 heteroatoms. The van der Waals surface area contributed by atoms with Gasteiger partial charge in [-0.3, -0.25) is 0 Å². The second-order valence-corrected chi connectivity index (χ2v) is 2.78. The minimum Gasteiger partial charge on any atom is -0.325 e. The Bertz CT molecular complexity index is 84.7. The molecule has 0 spiro atoms. The van der Waals surface area contributed by atoms with Crippen LogP contribution in [0.25, 0.3) is 0 Å². The van der Waals surface area contributed by atoms with Gasteiger partial charge in [0.25, 0.3) is 0 Å². The molecule has 0 heterocycles. The van der Waals surface area contributed by atoms with Crippen molar-refractivity contribution < 1.29 is 0 Å². The molecule has 0 aromatic rings. The van der Waals surface area contributed by atoms with Crippen molar-refractivity contribution in [2.24, 2.45) is 5.73 Å². The monoisotopic (exact) mass is 141 g/mol. The highest BCUT2D eigenvalue weighted by Crippen LogP contribution is 1.99. The first-order valence-corrected chi connectivity index (χ1v) is 4.19. The van der Waals surface area contributed by atoms with Crippen LogP contribution in [0.15, 0.2) is 12.2 Å². The Hall–Kier alpha value is -0.300. The van der Waals surface area contributed by atoms with Crippen molar-refractivity contribution >= 4 is 0 Å². The summed E-state index contributed by atoms with van der Waals surface area (Å²) in [4.78, 5) is 0. The van der Waals surface area contributed by atoms with Crippen LogP contribution in [-0.4, -0.2) is 6.04 Å². The molecular weight excluding hydrogens is 122 g/mol. The number of hydrogen-bond acceptors (Lipinski definition) is 1. The summed E-state index contributed by atoms with van der Waals surface area (Å²) < 4.78 is 0. The van der Waals surface area contributed by atoms with Crippen LogP contribution < -0.4 is 5.73 Å². The second kappa shape index (κ2) is 6.81. The van der Waals surface area contributed by atoms with Crippen LogP contribution in [0.3, 0.4) is 0 Å². The Morgan fingerprint density at radius 2 is 2.10 bits per heavy atom. The van der Waals surface area contributed by atoms with Crippen LogP contribution in [0.4, 0.5) is 0 Å². The molecule has 0 radical (unpaired) electrons. The largest absolute Gasteiger partial charge is 0.325 e. The van der Waals surface area contributed by atoms with E-state index in [-0.39, 0.29) is 6.04 Å². The fraction of sp³-hybridized carbons (Fsp3) is 0.778. The van der Waals surface area contributed by atoms with E-state index >= 15 is 0 Å². The van der Waals surface area contributed by atoms with Crippen molar-refractivity contribution in [3.8, 4) is 0 Å². The molecule has 0 aliphatic carbocycles. The fourth-order valence-electron chi connectivity index (χ4n) is 0.823. The van der Waals surface area contributed by atoms with Gasteiger partial charge in [-0.1, -0.05) is 31.9 Å². The summed E-state index contributed by atoms with van der Waals surface area (Å²) in [6.07, 6.45) is 9.38. The molecule has 1 unspecified atom stereocenters. The first kappa shape index (κ1) is 9.70. The van der Waals surface area contributed by atoms with E-state index in [4.69, 9.17) is 5.73 Å². The lowest BCUT2D eigenvalue weighted by Crippen LogP contribution is -2.09. The highest BCUT2D eigenvalue weighted by atomic mass is 14.6. The Kier molecular flexibility index (Phi) is 6.61. The minimum absolute atomic E-state index is 0.224. The van der Waals surface area contributed by atoms with Crippen LogP contribution in [0.5, 0.6) is 0 Å². The van der Waals surface area contributed by atoms with E-state index in [1.54, 1.807) is 0 Å². The van der Waals surface area contributed by atoms with Gasteiger partial charge in [-0.2, -0.15) is 0 Å². The van der Waals surface area contributed by atoms with E-state index in [1.807, 2.05) is 6.92 Å². The maximum absolute atomic E-state index is 5.52. The van der Waals surface area contributed by atoms with Gasteiger partial charge >= 0.3 is 0 Å². The maximum Gasteiger partial charge on any atom is 0.0194 e. The van der Waals surface area contributed by atoms with Crippen molar-refractivity contribution in [3.63, 3.8) is 0 Å². The SMILES string of the molecule is CCCCC/C=C/C(C)N. The standard InChI is InChI=1S/C9H19N/c1-3-4-5-6-7-8-9(2)10/h7-9H,3-6,10H2,1-2H3/b8-7+. The predicted molar refractivity (Wildman–Crippen MR) is 46.9 cm³/mol. The molecule has 0 amide bonds. The number of nitrogens with two attached hydrogens (primary N) is 1. The zero-order valence-electron chi connectivity index (χ0n) is 7.14. The lowest BCUT2D eigenvalue weighted by atomic mass is 10.2. The quantitative estimate of drug-likeness (QED) is 0.462. The lowest BCUT2D eigenvalue weighted by Gasteiger charge is -1.94. The summed E-state index contributed by atoms with van der Waals surface area (Å²) >= 11 is 0. The van der Waals surface area contributed by atoms with Crippen molar-refractivity contribution in [1.82, 2.24) is 0 Å². The minimum atomic E-state index is 0.224. The van der Waals surface area contributed by atoms with Crippen LogP contribution in [0.1, 0.15) is 39.5 Å². The fourth-order valence-corrected chi connectivity index (χ4v) is 0.823. The van der Waals surface area contributed by atoms with E-state index in [1.165, 1.54) is 25.7 Å². The molecule has 0 aliphatic heterocycles. The van der Waals surface area contributed by atoms with Gasteiger partial charge in [0.05, 0.1) is 0 Å². The highest BCUT2D eigenvalue weighted by molar-refractivity contribution is 4.88. The van der Waals surface area contributed by atoms with Gasteiger partial charge < -0.3 is 5.73 Å². The van der Waals surface area contributed by atoms with Crippen LogP contribution >= 0.6 is 0 Å². The zero-order chi connectivity index (χ0) is 7.82. The van der Waals surface area contributed by atoms with Gasteiger partial charge in [0.15, 0.2) is 0 Å². The topological polar surface area (TPSA) is 26.0 Å². The van der Waals surface area contributed by atoms with E-state index in [9.17, 15) is 0 Å². The summed E-state index contributed by atoms with van der Waals surface area (Å²) in [6.45, 7) is 4.21. The first-order chi connectivity index (χ1) is 4.77.